The number of hydrogen-bond acceptors (Lipinski definition) is 7. The van der Waals surface area contributed by atoms with Crippen LogP contribution in [0.4, 0.5) is 5.69 Å². The van der Waals surface area contributed by atoms with Crippen LogP contribution < -0.4 is 10.9 Å². The van der Waals surface area contributed by atoms with Gasteiger partial charge in [-0.05, 0) is 24.5 Å². The van der Waals surface area contributed by atoms with Gasteiger partial charge in [0.05, 0.1) is 5.69 Å². The van der Waals surface area contributed by atoms with Crippen molar-refractivity contribution < 1.29 is 4.42 Å². The summed E-state index contributed by atoms with van der Waals surface area (Å²) in [6.45, 7) is 0. The van der Waals surface area contributed by atoms with Crippen LogP contribution >= 0.6 is 11.8 Å². The molecule has 1 N–H and O–H groups in total. The van der Waals surface area contributed by atoms with Crippen molar-refractivity contribution in [2.24, 2.45) is 4.99 Å². The highest BCUT2D eigenvalue weighted by molar-refractivity contribution is 8.13. The number of nitrogens with zero attached hydrogens (tertiary/aromatic N) is 5. The van der Waals surface area contributed by atoms with Crippen LogP contribution in [0.15, 0.2) is 75.1 Å². The van der Waals surface area contributed by atoms with Gasteiger partial charge in [0.2, 0.25) is 0 Å². The van der Waals surface area contributed by atoms with Gasteiger partial charge < -0.3 is 4.42 Å². The fraction of sp³-hybridized carbons (Fsp3) is 0.0500. The van der Waals surface area contributed by atoms with Gasteiger partial charge in [0, 0.05) is 17.0 Å². The lowest BCUT2D eigenvalue weighted by Gasteiger charge is -2.04. The van der Waals surface area contributed by atoms with Crippen molar-refractivity contribution in [1.82, 2.24) is 20.1 Å². The van der Waals surface area contributed by atoms with Gasteiger partial charge in [0.15, 0.2) is 22.9 Å². The van der Waals surface area contributed by atoms with Crippen molar-refractivity contribution in [2.45, 2.75) is 0 Å². The van der Waals surface area contributed by atoms with Crippen molar-refractivity contribution in [3.63, 3.8) is 0 Å². The minimum absolute atomic E-state index is 0.263. The number of hydrogen-bond donors (Lipinski definition) is 1. The first-order valence-corrected chi connectivity index (χ1v) is 9.73. The Morgan fingerprint density at radius 1 is 1.24 bits per heavy atom. The molecule has 0 saturated heterocycles. The first-order chi connectivity index (χ1) is 14.2. The van der Waals surface area contributed by atoms with Crippen molar-refractivity contribution in [2.75, 3.05) is 6.26 Å². The normalized spacial score (nSPS) is 11.4. The summed E-state index contributed by atoms with van der Waals surface area (Å²) in [6.07, 6.45) is 5.12. The monoisotopic (exact) mass is 402 g/mol. The van der Waals surface area contributed by atoms with Crippen LogP contribution in [0.1, 0.15) is 0 Å². The molecule has 9 heteroatoms. The zero-order chi connectivity index (χ0) is 20.2. The average Bonchev–Trinajstić information content (AvgIpc) is 3.23. The lowest BCUT2D eigenvalue weighted by molar-refractivity contribution is 0.552. The number of rotatable bonds is 3. The minimum atomic E-state index is -0.539. The minimum Gasteiger partial charge on any atom is -0.421 e. The van der Waals surface area contributed by atoms with Gasteiger partial charge in [-0.15, -0.1) is 5.10 Å². The van der Waals surface area contributed by atoms with E-state index < -0.39 is 5.63 Å². The molecule has 0 amide bonds. The molecule has 0 fully saturated rings. The Morgan fingerprint density at radius 2 is 2.07 bits per heavy atom. The van der Waals surface area contributed by atoms with Crippen LogP contribution in [-0.2, 0) is 0 Å². The molecular formula is C20H14N6O2S. The van der Waals surface area contributed by atoms with Gasteiger partial charge in [-0.2, -0.15) is 5.26 Å². The molecule has 0 radical (unpaired) electrons. The average molecular weight is 402 g/mol. The highest BCUT2D eigenvalue weighted by Gasteiger charge is 2.11. The number of benzene rings is 2. The Labute approximate surface area is 169 Å². The predicted octanol–water partition coefficient (Wildman–Crippen LogP) is 3.46. The zero-order valence-electron chi connectivity index (χ0n) is 15.2. The molecule has 0 atom stereocenters. The molecule has 29 heavy (non-hydrogen) atoms. The third-order valence-electron chi connectivity index (χ3n) is 4.06. The Morgan fingerprint density at radius 3 is 2.83 bits per heavy atom. The molecule has 0 aliphatic carbocycles. The van der Waals surface area contributed by atoms with Crippen LogP contribution in [-0.4, -0.2) is 26.2 Å². The highest BCUT2D eigenvalue weighted by atomic mass is 32.2. The number of aromatic nitrogens is 3. The molecule has 4 rings (SSSR count). The Balaban J connectivity index is 1.72. The van der Waals surface area contributed by atoms with E-state index in [1.807, 2.05) is 36.5 Å². The number of nitrogens with one attached hydrogen (secondary N) is 1. The molecule has 0 aliphatic heterocycles. The van der Waals surface area contributed by atoms with Gasteiger partial charge in [-0.25, -0.2) is 19.5 Å². The summed E-state index contributed by atoms with van der Waals surface area (Å²) in [7, 11) is 0. The number of nitriles is 1. The fourth-order valence-electron chi connectivity index (χ4n) is 2.71. The van der Waals surface area contributed by atoms with E-state index in [0.29, 0.717) is 27.6 Å². The van der Waals surface area contributed by atoms with E-state index >= 15 is 0 Å². The number of thioether (sulfide) groups is 1. The Kier molecular flexibility index (Phi) is 5.09. The van der Waals surface area contributed by atoms with Crippen LogP contribution in [0.3, 0.4) is 0 Å². The van der Waals surface area contributed by atoms with E-state index in [2.05, 4.69) is 20.4 Å². The van der Waals surface area contributed by atoms with E-state index in [4.69, 9.17) is 9.68 Å². The SMILES string of the molecule is CSC(=Nc1ccc2cc(-n3cnc(-c4ccccc4)n3)c(=O)oc2c1)NC#N. The number of amidine groups is 1. The summed E-state index contributed by atoms with van der Waals surface area (Å²) in [6, 6.07) is 16.4. The van der Waals surface area contributed by atoms with Crippen molar-refractivity contribution in [1.29, 1.82) is 5.26 Å². The van der Waals surface area contributed by atoms with E-state index in [9.17, 15) is 4.79 Å². The second-order valence-corrected chi connectivity index (χ2v) is 6.67. The fourth-order valence-corrected chi connectivity index (χ4v) is 3.05. The molecular weight excluding hydrogens is 388 g/mol. The Hall–Kier alpha value is -3.90. The van der Waals surface area contributed by atoms with Gasteiger partial charge >= 0.3 is 5.63 Å². The molecule has 0 bridgehead atoms. The van der Waals surface area contributed by atoms with Crippen LogP contribution in [0, 0.1) is 11.5 Å². The van der Waals surface area contributed by atoms with Crippen LogP contribution in [0.5, 0.6) is 0 Å². The lowest BCUT2D eigenvalue weighted by Crippen LogP contribution is -2.12. The molecule has 2 heterocycles. The summed E-state index contributed by atoms with van der Waals surface area (Å²) in [4.78, 5) is 21.1. The molecule has 0 aliphatic rings. The largest absolute Gasteiger partial charge is 0.421 e. The first kappa shape index (κ1) is 18.5. The quantitative estimate of drug-likeness (QED) is 0.184. The van der Waals surface area contributed by atoms with Gasteiger partial charge in [-0.3, -0.25) is 5.32 Å². The standard InChI is InChI=1S/C20H14N6O2S/c1-29-20(22-11-21)24-15-8-7-14-9-16(19(27)28-17(14)10-15)26-12-23-18(25-26)13-5-3-2-4-6-13/h2-10,12H,1H3,(H,22,24). The summed E-state index contributed by atoms with van der Waals surface area (Å²) in [5.41, 5.74) is 1.53. The maximum atomic E-state index is 12.5. The second kappa shape index (κ2) is 8.00. The summed E-state index contributed by atoms with van der Waals surface area (Å²) in [5.74, 6) is 0.518. The summed E-state index contributed by atoms with van der Waals surface area (Å²) < 4.78 is 6.88. The molecule has 8 nitrogen and oxygen atoms in total. The van der Waals surface area contributed by atoms with Crippen molar-refractivity contribution >= 4 is 33.6 Å². The third-order valence-corrected chi connectivity index (χ3v) is 4.64. The molecule has 0 unspecified atom stereocenters. The second-order valence-electron chi connectivity index (χ2n) is 5.88. The topological polar surface area (TPSA) is 109 Å². The number of fused-ring (bicyclic) bond motifs is 1. The van der Waals surface area contributed by atoms with Crippen LogP contribution in [0.25, 0.3) is 28.0 Å². The molecule has 4 aromatic rings. The first-order valence-electron chi connectivity index (χ1n) is 8.51. The summed E-state index contributed by atoms with van der Waals surface area (Å²) >= 11 is 1.30. The predicted molar refractivity (Wildman–Crippen MR) is 112 cm³/mol. The van der Waals surface area contributed by atoms with Crippen LogP contribution in [0.2, 0.25) is 0 Å². The molecule has 142 valence electrons. The molecule has 2 aromatic carbocycles. The van der Waals surface area contributed by atoms with E-state index in [0.717, 1.165) is 5.56 Å². The molecule has 0 saturated carbocycles. The smallest absolute Gasteiger partial charge is 0.362 e. The maximum Gasteiger partial charge on any atom is 0.362 e. The van der Waals surface area contributed by atoms with Gasteiger partial charge in [0.25, 0.3) is 0 Å². The van der Waals surface area contributed by atoms with E-state index in [1.54, 1.807) is 30.5 Å². The molecule has 0 spiro atoms. The number of aliphatic imine (C=N–C) groups is 1. The molecule has 2 aromatic heterocycles. The van der Waals surface area contributed by atoms with Crippen molar-refractivity contribution in [3.05, 3.63) is 71.3 Å². The Bertz CT molecular complexity index is 1300. The van der Waals surface area contributed by atoms with Gasteiger partial charge in [-0.1, -0.05) is 42.1 Å². The zero-order valence-corrected chi connectivity index (χ0v) is 16.1. The highest BCUT2D eigenvalue weighted by Crippen LogP contribution is 2.23. The summed E-state index contributed by atoms with van der Waals surface area (Å²) in [5, 5.41) is 16.8. The van der Waals surface area contributed by atoms with E-state index in [1.165, 1.54) is 22.8 Å². The maximum absolute atomic E-state index is 12.5. The lowest BCUT2D eigenvalue weighted by atomic mass is 10.2. The van der Waals surface area contributed by atoms with Gasteiger partial charge in [0.1, 0.15) is 11.9 Å². The van der Waals surface area contributed by atoms with Crippen molar-refractivity contribution in [3.8, 4) is 23.3 Å². The third kappa shape index (κ3) is 3.88. The van der Waals surface area contributed by atoms with E-state index in [-0.39, 0.29) is 5.69 Å².